The molecule has 1 fully saturated rings. The van der Waals surface area contributed by atoms with E-state index in [0.29, 0.717) is 19.4 Å². The molecule has 1 aliphatic heterocycles. The Labute approximate surface area is 337 Å². The number of nitrogens with one attached hydrogen (secondary N) is 1. The van der Waals surface area contributed by atoms with Gasteiger partial charge in [0.25, 0.3) is 0 Å². The first-order valence-electron chi connectivity index (χ1n) is 20.7. The molecule has 318 valence electrons. The second kappa shape index (κ2) is 23.2. The van der Waals surface area contributed by atoms with Crippen molar-refractivity contribution < 1.29 is 38.6 Å². The third kappa shape index (κ3) is 13.4. The highest BCUT2D eigenvalue weighted by Gasteiger charge is 2.43. The van der Waals surface area contributed by atoms with E-state index in [1.54, 1.807) is 44.9 Å². The topological polar surface area (TPSA) is 146 Å². The monoisotopic (exact) mass is 787 g/mol. The summed E-state index contributed by atoms with van der Waals surface area (Å²) in [5.74, 6) is -3.19. The van der Waals surface area contributed by atoms with Crippen LogP contribution in [-0.4, -0.2) is 128 Å². The number of ketones is 1. The van der Waals surface area contributed by atoms with Gasteiger partial charge in [0.2, 0.25) is 17.7 Å². The van der Waals surface area contributed by atoms with E-state index in [-0.39, 0.29) is 72.6 Å². The summed E-state index contributed by atoms with van der Waals surface area (Å²) in [4.78, 5) is 73.2. The number of carboxylic acids is 1. The van der Waals surface area contributed by atoms with Crippen molar-refractivity contribution in [1.29, 1.82) is 0 Å². The van der Waals surface area contributed by atoms with E-state index in [9.17, 15) is 29.1 Å². The first-order chi connectivity index (χ1) is 26.3. The molecule has 1 aliphatic rings. The third-order valence-corrected chi connectivity index (χ3v) is 12.1. The molecule has 56 heavy (non-hydrogen) atoms. The van der Waals surface area contributed by atoms with Gasteiger partial charge in [0, 0.05) is 46.2 Å². The summed E-state index contributed by atoms with van der Waals surface area (Å²) >= 11 is 0. The van der Waals surface area contributed by atoms with Crippen LogP contribution >= 0.6 is 0 Å². The van der Waals surface area contributed by atoms with Crippen LogP contribution in [0.15, 0.2) is 30.3 Å². The molecule has 1 heterocycles. The van der Waals surface area contributed by atoms with E-state index in [1.807, 2.05) is 77.0 Å². The van der Waals surface area contributed by atoms with Gasteiger partial charge in [-0.1, -0.05) is 92.1 Å². The van der Waals surface area contributed by atoms with Crippen LogP contribution in [0.25, 0.3) is 0 Å². The highest BCUT2D eigenvalue weighted by atomic mass is 16.5. The van der Waals surface area contributed by atoms with Crippen LogP contribution in [0, 0.1) is 35.5 Å². The van der Waals surface area contributed by atoms with Crippen molar-refractivity contribution in [2.45, 2.75) is 137 Å². The van der Waals surface area contributed by atoms with Crippen molar-refractivity contribution in [3.63, 3.8) is 0 Å². The van der Waals surface area contributed by atoms with Crippen LogP contribution in [-0.2, 0) is 39.9 Å². The van der Waals surface area contributed by atoms with Gasteiger partial charge >= 0.3 is 5.97 Å². The molecule has 1 aromatic carbocycles. The van der Waals surface area contributed by atoms with Gasteiger partial charge in [-0.25, -0.2) is 0 Å². The molecule has 0 saturated carbocycles. The van der Waals surface area contributed by atoms with Crippen LogP contribution < -0.4 is 5.32 Å². The molecule has 0 aromatic heterocycles. The van der Waals surface area contributed by atoms with Gasteiger partial charge in [-0.05, 0) is 63.1 Å². The Balaban J connectivity index is 2.30. The lowest BCUT2D eigenvalue weighted by molar-refractivity contribution is -0.149. The largest absolute Gasteiger partial charge is 0.481 e. The van der Waals surface area contributed by atoms with Gasteiger partial charge in [-0.15, -0.1) is 0 Å². The molecule has 1 saturated heterocycles. The summed E-state index contributed by atoms with van der Waals surface area (Å²) in [6.07, 6.45) is 1.86. The Morgan fingerprint density at radius 2 is 1.54 bits per heavy atom. The van der Waals surface area contributed by atoms with E-state index in [2.05, 4.69) is 19.2 Å². The maximum absolute atomic E-state index is 14.3. The molecular formula is C44H74N4O8. The Kier molecular flexibility index (Phi) is 20.2. The number of amides is 3. The molecule has 12 heteroatoms. The smallest absolute Gasteiger partial charge is 0.306 e. The lowest BCUT2D eigenvalue weighted by Crippen LogP contribution is -2.54. The summed E-state index contributed by atoms with van der Waals surface area (Å²) in [6, 6.07) is 8.17. The molecule has 0 spiro atoms. The van der Waals surface area contributed by atoms with Crippen molar-refractivity contribution in [1.82, 2.24) is 20.0 Å². The summed E-state index contributed by atoms with van der Waals surface area (Å²) < 4.78 is 12.0. The standard InChI is InChI=1S/C44H74N4O8/c1-14-29(6)40(47(11)43(52)34(27(2)3)25-36(49)39(28(4)5)46(9)10)37(55-12)26-38(50)48-22-18-21-35(48)41(56-13)31(8)42(51)45-33(23-30(7)44(53)54)24-32-19-16-15-17-20-32/h15-17,19-20,27-31,33-35,37,39-41H,14,18,21-26H2,1-13H3,(H,45,51)(H,53,54)/t29-,30-,31+,33+,34-,35-,37+,39-,40-,41+/m0/s1. The van der Waals surface area contributed by atoms with E-state index < -0.39 is 48.0 Å². The normalized spacial score (nSPS) is 19.5. The Bertz CT molecular complexity index is 1400. The number of rotatable bonds is 24. The lowest BCUT2D eigenvalue weighted by atomic mass is 9.83. The molecule has 2 rings (SSSR count). The maximum atomic E-state index is 14.3. The minimum Gasteiger partial charge on any atom is -0.481 e. The molecular weight excluding hydrogens is 713 g/mol. The van der Waals surface area contributed by atoms with Gasteiger partial charge < -0.3 is 29.7 Å². The summed E-state index contributed by atoms with van der Waals surface area (Å²) in [5, 5.41) is 12.7. The van der Waals surface area contributed by atoms with Crippen molar-refractivity contribution in [3.8, 4) is 0 Å². The zero-order chi connectivity index (χ0) is 42.4. The molecule has 0 aliphatic carbocycles. The second-order valence-corrected chi connectivity index (χ2v) is 17.1. The minimum atomic E-state index is -0.921. The van der Waals surface area contributed by atoms with Gasteiger partial charge in [-0.2, -0.15) is 0 Å². The molecule has 12 nitrogen and oxygen atoms in total. The number of Topliss-reactive ketones (excluding diaryl/α,β-unsaturated/α-hetero) is 1. The van der Waals surface area contributed by atoms with Crippen molar-refractivity contribution in [2.75, 3.05) is 41.9 Å². The molecule has 3 amide bonds. The van der Waals surface area contributed by atoms with Crippen molar-refractivity contribution >= 4 is 29.5 Å². The fourth-order valence-corrected chi connectivity index (χ4v) is 8.72. The van der Waals surface area contributed by atoms with Gasteiger partial charge in [0.05, 0.1) is 48.6 Å². The van der Waals surface area contributed by atoms with E-state index >= 15 is 0 Å². The average Bonchev–Trinajstić information content (AvgIpc) is 3.62. The molecule has 1 aromatic rings. The first kappa shape index (κ1) is 48.8. The maximum Gasteiger partial charge on any atom is 0.306 e. The molecule has 0 bridgehead atoms. The SMILES string of the molecule is CC[C@H](C)[C@@H]([C@@H](CC(=O)N1CCC[C@H]1[C@H](OC)[C@@H](C)C(=O)N[C@@H](Cc1ccccc1)C[C@H](C)C(=O)O)OC)N(C)C(=O)[C@@H](CC(=O)[C@H](C(C)C)N(C)C)C(C)C. The van der Waals surface area contributed by atoms with Crippen LogP contribution in [0.1, 0.15) is 99.5 Å². The highest BCUT2D eigenvalue weighted by molar-refractivity contribution is 5.90. The fraction of sp³-hybridized carbons (Fsp3) is 0.750. The molecule has 0 unspecified atom stereocenters. The van der Waals surface area contributed by atoms with E-state index in [4.69, 9.17) is 9.47 Å². The minimum absolute atomic E-state index is 0.00658. The average molecular weight is 787 g/mol. The number of benzene rings is 1. The van der Waals surface area contributed by atoms with Crippen LogP contribution in [0.3, 0.4) is 0 Å². The number of hydrogen-bond acceptors (Lipinski definition) is 8. The summed E-state index contributed by atoms with van der Waals surface area (Å²) in [7, 11) is 8.68. The second-order valence-electron chi connectivity index (χ2n) is 17.1. The van der Waals surface area contributed by atoms with E-state index in [1.165, 1.54) is 0 Å². The predicted molar refractivity (Wildman–Crippen MR) is 220 cm³/mol. The Morgan fingerprint density at radius 1 is 0.911 bits per heavy atom. The number of ether oxygens (including phenoxy) is 2. The molecule has 0 radical (unpaired) electrons. The van der Waals surface area contributed by atoms with Crippen LogP contribution in [0.4, 0.5) is 0 Å². The number of nitrogens with zero attached hydrogens (tertiary/aromatic N) is 3. The van der Waals surface area contributed by atoms with Gasteiger partial charge in [0.1, 0.15) is 0 Å². The summed E-state index contributed by atoms with van der Waals surface area (Å²) in [5.41, 5.74) is 0.993. The summed E-state index contributed by atoms with van der Waals surface area (Å²) in [6.45, 7) is 16.0. The van der Waals surface area contributed by atoms with Crippen LogP contribution in [0.2, 0.25) is 0 Å². The Morgan fingerprint density at radius 3 is 2.04 bits per heavy atom. The zero-order valence-corrected chi connectivity index (χ0v) is 36.6. The van der Waals surface area contributed by atoms with Gasteiger partial charge in [0.15, 0.2) is 5.78 Å². The number of likely N-dealkylation sites (N-methyl/N-ethyl adjacent to an activating group) is 2. The fourth-order valence-electron chi connectivity index (χ4n) is 8.72. The number of aliphatic carboxylic acids is 1. The number of carboxylic acid groups (broad SMARTS) is 1. The Hall–Kier alpha value is -3.35. The van der Waals surface area contributed by atoms with Crippen molar-refractivity contribution in [2.24, 2.45) is 35.5 Å². The van der Waals surface area contributed by atoms with Crippen molar-refractivity contribution in [3.05, 3.63) is 35.9 Å². The predicted octanol–water partition coefficient (Wildman–Crippen LogP) is 5.56. The number of carbonyl (C=O) groups excluding carboxylic acids is 4. The zero-order valence-electron chi connectivity index (χ0n) is 36.6. The lowest BCUT2D eigenvalue weighted by Gasteiger charge is -2.41. The third-order valence-electron chi connectivity index (χ3n) is 12.1. The number of likely N-dealkylation sites (tertiary alicyclic amines) is 1. The van der Waals surface area contributed by atoms with Gasteiger partial charge in [-0.3, -0.25) is 28.9 Å². The highest BCUT2D eigenvalue weighted by Crippen LogP contribution is 2.31. The first-order valence-corrected chi connectivity index (χ1v) is 20.7. The molecule has 10 atom stereocenters. The number of hydrogen-bond donors (Lipinski definition) is 2. The quantitative estimate of drug-likeness (QED) is 0.138. The number of carbonyl (C=O) groups is 5. The number of methoxy groups -OCH3 is 2. The van der Waals surface area contributed by atoms with E-state index in [0.717, 1.165) is 18.4 Å². The molecule has 2 N–H and O–H groups in total. The van der Waals surface area contributed by atoms with Crippen LogP contribution in [0.5, 0.6) is 0 Å².